The highest BCUT2D eigenvalue weighted by molar-refractivity contribution is 6.17. The Bertz CT molecular complexity index is 574. The van der Waals surface area contributed by atoms with E-state index < -0.39 is 0 Å². The van der Waals surface area contributed by atoms with Crippen LogP contribution in [-0.2, 0) is 12.4 Å². The molecule has 1 aliphatic heterocycles. The van der Waals surface area contributed by atoms with Crippen molar-refractivity contribution >= 4 is 17.3 Å². The first-order valence-corrected chi connectivity index (χ1v) is 6.86. The van der Waals surface area contributed by atoms with E-state index in [2.05, 4.69) is 16.0 Å². The number of pyridine rings is 1. The van der Waals surface area contributed by atoms with E-state index in [-0.39, 0.29) is 0 Å². The van der Waals surface area contributed by atoms with E-state index in [0.717, 1.165) is 30.1 Å². The number of nitrogens with zero attached hydrogens (tertiary/aromatic N) is 2. The molecule has 0 atom stereocenters. The van der Waals surface area contributed by atoms with Crippen molar-refractivity contribution in [3.05, 3.63) is 53.9 Å². The standard InChI is InChI=1S/C15H15ClN2O/c16-9-12-5-6-17-10-14(12)18-7-8-19-15-4-2-1-3-13(15)11-18/h1-6,10H,7-9,11H2. The summed E-state index contributed by atoms with van der Waals surface area (Å²) in [5.41, 5.74) is 3.40. The third kappa shape index (κ3) is 2.51. The molecule has 98 valence electrons. The van der Waals surface area contributed by atoms with E-state index in [0.29, 0.717) is 12.5 Å². The van der Waals surface area contributed by atoms with Crippen LogP contribution in [0.25, 0.3) is 0 Å². The molecule has 0 saturated heterocycles. The molecule has 2 heterocycles. The summed E-state index contributed by atoms with van der Waals surface area (Å²) in [7, 11) is 0. The average Bonchev–Trinajstić information content (AvgIpc) is 2.69. The monoisotopic (exact) mass is 274 g/mol. The van der Waals surface area contributed by atoms with Crippen LogP contribution < -0.4 is 9.64 Å². The normalized spacial score (nSPS) is 14.5. The number of halogens is 1. The number of hydrogen-bond acceptors (Lipinski definition) is 3. The smallest absolute Gasteiger partial charge is 0.124 e. The molecule has 2 aromatic rings. The van der Waals surface area contributed by atoms with Crippen molar-refractivity contribution in [3.8, 4) is 5.75 Å². The zero-order valence-electron chi connectivity index (χ0n) is 10.6. The maximum atomic E-state index is 6.01. The van der Waals surface area contributed by atoms with E-state index in [4.69, 9.17) is 16.3 Å². The molecule has 1 aromatic carbocycles. The van der Waals surface area contributed by atoms with Gasteiger partial charge in [0.05, 0.1) is 18.4 Å². The number of alkyl halides is 1. The Balaban J connectivity index is 1.94. The second-order valence-corrected chi connectivity index (χ2v) is 4.78. The molecule has 0 N–H and O–H groups in total. The van der Waals surface area contributed by atoms with Crippen molar-refractivity contribution in [1.82, 2.24) is 4.98 Å². The average molecular weight is 275 g/mol. The van der Waals surface area contributed by atoms with E-state index in [1.54, 1.807) is 6.20 Å². The molecule has 3 rings (SSSR count). The van der Waals surface area contributed by atoms with Gasteiger partial charge in [-0.25, -0.2) is 0 Å². The predicted octanol–water partition coefficient (Wildman–Crippen LogP) is 3.22. The van der Waals surface area contributed by atoms with Crippen LogP contribution >= 0.6 is 11.6 Å². The lowest BCUT2D eigenvalue weighted by atomic mass is 10.1. The minimum absolute atomic E-state index is 0.497. The van der Waals surface area contributed by atoms with Crippen LogP contribution in [0.2, 0.25) is 0 Å². The van der Waals surface area contributed by atoms with Gasteiger partial charge >= 0.3 is 0 Å². The van der Waals surface area contributed by atoms with Gasteiger partial charge in [-0.15, -0.1) is 11.6 Å². The SMILES string of the molecule is ClCc1ccncc1N1CCOc2ccccc2C1. The predicted molar refractivity (Wildman–Crippen MR) is 76.8 cm³/mol. The molecule has 0 radical (unpaired) electrons. The van der Waals surface area contributed by atoms with Gasteiger partial charge < -0.3 is 9.64 Å². The number of aromatic nitrogens is 1. The molecule has 1 aromatic heterocycles. The Hall–Kier alpha value is -1.74. The number of benzene rings is 1. The number of anilines is 1. The Morgan fingerprint density at radius 3 is 3.05 bits per heavy atom. The lowest BCUT2D eigenvalue weighted by Crippen LogP contribution is -2.26. The number of hydrogen-bond donors (Lipinski definition) is 0. The lowest BCUT2D eigenvalue weighted by molar-refractivity contribution is 0.331. The van der Waals surface area contributed by atoms with Gasteiger partial charge in [0.2, 0.25) is 0 Å². The van der Waals surface area contributed by atoms with Gasteiger partial charge in [0, 0.05) is 24.2 Å². The zero-order valence-corrected chi connectivity index (χ0v) is 11.3. The Kier molecular flexibility index (Phi) is 3.56. The molecule has 1 aliphatic rings. The molecule has 0 fully saturated rings. The first-order valence-electron chi connectivity index (χ1n) is 6.33. The van der Waals surface area contributed by atoms with E-state index in [1.807, 2.05) is 30.5 Å². The quantitative estimate of drug-likeness (QED) is 0.787. The molecule has 4 heteroatoms. The van der Waals surface area contributed by atoms with E-state index in [1.165, 1.54) is 5.56 Å². The molecular formula is C15H15ClN2O. The number of rotatable bonds is 2. The highest BCUT2D eigenvalue weighted by Crippen LogP contribution is 2.28. The van der Waals surface area contributed by atoms with Crippen LogP contribution in [0.15, 0.2) is 42.7 Å². The minimum atomic E-state index is 0.497. The summed E-state index contributed by atoms with van der Waals surface area (Å²) in [6.07, 6.45) is 3.66. The molecule has 0 spiro atoms. The number of para-hydroxylation sites is 1. The second-order valence-electron chi connectivity index (χ2n) is 4.52. The van der Waals surface area contributed by atoms with Crippen molar-refractivity contribution < 1.29 is 4.74 Å². The molecule has 3 nitrogen and oxygen atoms in total. The highest BCUT2D eigenvalue weighted by Gasteiger charge is 2.17. The molecule has 19 heavy (non-hydrogen) atoms. The van der Waals surface area contributed by atoms with Gasteiger partial charge in [0.15, 0.2) is 0 Å². The van der Waals surface area contributed by atoms with Gasteiger partial charge in [0.25, 0.3) is 0 Å². The summed E-state index contributed by atoms with van der Waals surface area (Å²) < 4.78 is 5.78. The zero-order chi connectivity index (χ0) is 13.1. The fraction of sp³-hybridized carbons (Fsp3) is 0.267. The van der Waals surface area contributed by atoms with Crippen molar-refractivity contribution in [2.45, 2.75) is 12.4 Å². The lowest BCUT2D eigenvalue weighted by Gasteiger charge is -2.23. The number of fused-ring (bicyclic) bond motifs is 1. The summed E-state index contributed by atoms with van der Waals surface area (Å²) in [6.45, 7) is 2.34. The summed E-state index contributed by atoms with van der Waals surface area (Å²) in [5.74, 6) is 1.47. The van der Waals surface area contributed by atoms with Crippen molar-refractivity contribution in [1.29, 1.82) is 0 Å². The largest absolute Gasteiger partial charge is 0.491 e. The summed E-state index contributed by atoms with van der Waals surface area (Å²) in [4.78, 5) is 6.49. The molecule has 0 aliphatic carbocycles. The number of ether oxygens (including phenoxy) is 1. The maximum absolute atomic E-state index is 6.01. The summed E-state index contributed by atoms with van der Waals surface area (Å²) >= 11 is 6.01. The van der Waals surface area contributed by atoms with Gasteiger partial charge in [0.1, 0.15) is 12.4 Å². The van der Waals surface area contributed by atoms with Crippen LogP contribution in [0.4, 0.5) is 5.69 Å². The summed E-state index contributed by atoms with van der Waals surface area (Å²) in [5, 5.41) is 0. The Labute approximate surface area is 117 Å². The molecule has 0 unspecified atom stereocenters. The van der Waals surface area contributed by atoms with Gasteiger partial charge in [-0.3, -0.25) is 4.98 Å². The van der Waals surface area contributed by atoms with E-state index in [9.17, 15) is 0 Å². The first kappa shape index (κ1) is 12.3. The van der Waals surface area contributed by atoms with Crippen LogP contribution in [0.1, 0.15) is 11.1 Å². The van der Waals surface area contributed by atoms with Crippen LogP contribution in [0.3, 0.4) is 0 Å². The molecular weight excluding hydrogens is 260 g/mol. The Morgan fingerprint density at radius 2 is 2.16 bits per heavy atom. The van der Waals surface area contributed by atoms with Crippen LogP contribution in [0.5, 0.6) is 5.75 Å². The first-order chi connectivity index (χ1) is 9.38. The van der Waals surface area contributed by atoms with Gasteiger partial charge in [-0.05, 0) is 17.7 Å². The second kappa shape index (κ2) is 5.49. The topological polar surface area (TPSA) is 25.4 Å². The van der Waals surface area contributed by atoms with E-state index >= 15 is 0 Å². The third-order valence-corrected chi connectivity index (χ3v) is 3.61. The minimum Gasteiger partial charge on any atom is -0.491 e. The fourth-order valence-electron chi connectivity index (χ4n) is 2.34. The molecule has 0 amide bonds. The Morgan fingerprint density at radius 1 is 1.26 bits per heavy atom. The van der Waals surface area contributed by atoms with Crippen LogP contribution in [0, 0.1) is 0 Å². The van der Waals surface area contributed by atoms with Crippen molar-refractivity contribution in [2.75, 3.05) is 18.1 Å². The van der Waals surface area contributed by atoms with Gasteiger partial charge in [-0.2, -0.15) is 0 Å². The summed E-state index contributed by atoms with van der Waals surface area (Å²) in [6, 6.07) is 10.1. The fourth-order valence-corrected chi connectivity index (χ4v) is 2.57. The van der Waals surface area contributed by atoms with Crippen molar-refractivity contribution in [2.24, 2.45) is 0 Å². The molecule has 0 bridgehead atoms. The van der Waals surface area contributed by atoms with Crippen LogP contribution in [-0.4, -0.2) is 18.1 Å². The molecule has 0 saturated carbocycles. The maximum Gasteiger partial charge on any atom is 0.124 e. The third-order valence-electron chi connectivity index (χ3n) is 3.32. The van der Waals surface area contributed by atoms with Gasteiger partial charge in [-0.1, -0.05) is 18.2 Å². The highest BCUT2D eigenvalue weighted by atomic mass is 35.5. The van der Waals surface area contributed by atoms with Crippen molar-refractivity contribution in [3.63, 3.8) is 0 Å².